The second-order valence-electron chi connectivity index (χ2n) is 5.45. The van der Waals surface area contributed by atoms with E-state index >= 15 is 0 Å². The smallest absolute Gasteiger partial charge is 0.306 e. The quantitative estimate of drug-likeness (QED) is 0.351. The molecule has 3 aromatic rings. The fourth-order valence-electron chi connectivity index (χ4n) is 2.33. The van der Waals surface area contributed by atoms with Crippen LogP contribution >= 0.6 is 23.1 Å². The Morgan fingerprint density at radius 2 is 2.00 bits per heavy atom. The van der Waals surface area contributed by atoms with E-state index in [-0.39, 0.29) is 30.8 Å². The number of carbonyl (C=O) groups excluding carboxylic acids is 2. The molecule has 1 aromatic carbocycles. The second kappa shape index (κ2) is 8.29. The average Bonchev–Trinajstić information content (AvgIpc) is 3.13. The summed E-state index contributed by atoms with van der Waals surface area (Å²) in [5, 5.41) is 1.76. The van der Waals surface area contributed by atoms with Crippen LogP contribution in [0.5, 0.6) is 0 Å². The summed E-state index contributed by atoms with van der Waals surface area (Å²) in [6.45, 7) is -0.0842. The number of benzene rings is 1. The summed E-state index contributed by atoms with van der Waals surface area (Å²) in [7, 11) is 0. The summed E-state index contributed by atoms with van der Waals surface area (Å²) in [5.74, 6) is -0.599. The van der Waals surface area contributed by atoms with E-state index in [0.29, 0.717) is 16.2 Å². The highest BCUT2D eigenvalue weighted by atomic mass is 32.2. The first-order valence-corrected chi connectivity index (χ1v) is 9.96. The standard InChI is InChI=1S/C18H16N2O4S2/c1-25-14-4-2-12(3-5-14)15(21)6-7-17(23)24-11-13-10-16(22)20-8-9-26-18(20)19-13/h2-5,8-10H,6-7,11H2,1H3. The Morgan fingerprint density at radius 1 is 1.23 bits per heavy atom. The van der Waals surface area contributed by atoms with Crippen molar-refractivity contribution in [3.63, 3.8) is 0 Å². The molecule has 0 bridgehead atoms. The largest absolute Gasteiger partial charge is 0.459 e. The molecule has 26 heavy (non-hydrogen) atoms. The molecular weight excluding hydrogens is 372 g/mol. The summed E-state index contributed by atoms with van der Waals surface area (Å²) in [6.07, 6.45) is 3.68. The zero-order valence-electron chi connectivity index (χ0n) is 14.0. The Morgan fingerprint density at radius 3 is 2.73 bits per heavy atom. The zero-order valence-corrected chi connectivity index (χ0v) is 15.6. The number of nitrogens with zero attached hydrogens (tertiary/aromatic N) is 2. The number of esters is 1. The summed E-state index contributed by atoms with van der Waals surface area (Å²) in [5.41, 5.74) is 0.754. The van der Waals surface area contributed by atoms with Crippen LogP contribution in [0.2, 0.25) is 0 Å². The molecule has 0 atom stereocenters. The van der Waals surface area contributed by atoms with Crippen LogP contribution < -0.4 is 5.56 Å². The number of fused-ring (bicyclic) bond motifs is 1. The highest BCUT2D eigenvalue weighted by Gasteiger charge is 2.11. The molecule has 134 valence electrons. The summed E-state index contributed by atoms with van der Waals surface area (Å²) in [6, 6.07) is 8.61. The average molecular weight is 388 g/mol. The van der Waals surface area contributed by atoms with Gasteiger partial charge in [0.1, 0.15) is 6.61 Å². The molecule has 0 aliphatic heterocycles. The van der Waals surface area contributed by atoms with Crippen molar-refractivity contribution in [1.82, 2.24) is 9.38 Å². The fraction of sp³-hybridized carbons (Fsp3) is 0.222. The van der Waals surface area contributed by atoms with Gasteiger partial charge in [-0.05, 0) is 18.4 Å². The maximum absolute atomic E-state index is 12.1. The summed E-state index contributed by atoms with van der Waals surface area (Å²) < 4.78 is 6.56. The molecule has 0 N–H and O–H groups in total. The highest BCUT2D eigenvalue weighted by molar-refractivity contribution is 7.98. The van der Waals surface area contributed by atoms with Gasteiger partial charge in [-0.1, -0.05) is 12.1 Å². The number of hydrogen-bond acceptors (Lipinski definition) is 7. The van der Waals surface area contributed by atoms with Crippen molar-refractivity contribution in [2.75, 3.05) is 6.26 Å². The van der Waals surface area contributed by atoms with Gasteiger partial charge in [-0.3, -0.25) is 18.8 Å². The van der Waals surface area contributed by atoms with Gasteiger partial charge < -0.3 is 4.74 Å². The number of ether oxygens (including phenoxy) is 1. The molecule has 0 saturated heterocycles. The van der Waals surface area contributed by atoms with E-state index in [9.17, 15) is 14.4 Å². The molecule has 0 saturated carbocycles. The Bertz CT molecular complexity index is 992. The van der Waals surface area contributed by atoms with Gasteiger partial charge in [0.15, 0.2) is 10.7 Å². The van der Waals surface area contributed by atoms with E-state index < -0.39 is 5.97 Å². The Labute approximate surface area is 157 Å². The molecule has 0 spiro atoms. The number of Topliss-reactive ketones (excluding diaryl/α,β-unsaturated/α-hetero) is 1. The van der Waals surface area contributed by atoms with E-state index in [1.807, 2.05) is 18.4 Å². The predicted molar refractivity (Wildman–Crippen MR) is 101 cm³/mol. The minimum atomic E-state index is -0.493. The van der Waals surface area contributed by atoms with Crippen molar-refractivity contribution < 1.29 is 14.3 Å². The third-order valence-corrected chi connectivity index (χ3v) is 5.21. The first-order valence-electron chi connectivity index (χ1n) is 7.85. The molecule has 2 heterocycles. The lowest BCUT2D eigenvalue weighted by Gasteiger charge is -2.05. The molecule has 2 aromatic heterocycles. The van der Waals surface area contributed by atoms with Gasteiger partial charge in [0.2, 0.25) is 0 Å². The molecule has 3 rings (SSSR count). The van der Waals surface area contributed by atoms with Crippen LogP contribution in [-0.4, -0.2) is 27.4 Å². The summed E-state index contributed by atoms with van der Waals surface area (Å²) in [4.78, 5) is 41.7. The second-order valence-corrected chi connectivity index (χ2v) is 7.21. The molecule has 0 aliphatic carbocycles. The summed E-state index contributed by atoms with van der Waals surface area (Å²) >= 11 is 2.93. The van der Waals surface area contributed by atoms with Crippen LogP contribution in [0.4, 0.5) is 0 Å². The number of hydrogen-bond donors (Lipinski definition) is 0. The van der Waals surface area contributed by atoms with E-state index in [4.69, 9.17) is 4.74 Å². The van der Waals surface area contributed by atoms with Gasteiger partial charge in [0.05, 0.1) is 12.1 Å². The topological polar surface area (TPSA) is 77.7 Å². The monoisotopic (exact) mass is 388 g/mol. The van der Waals surface area contributed by atoms with Gasteiger partial charge in [-0.15, -0.1) is 23.1 Å². The lowest BCUT2D eigenvalue weighted by molar-refractivity contribution is -0.145. The number of carbonyl (C=O) groups is 2. The number of aromatic nitrogens is 2. The van der Waals surface area contributed by atoms with Crippen LogP contribution in [0, 0.1) is 0 Å². The van der Waals surface area contributed by atoms with Crippen molar-refractivity contribution in [2.24, 2.45) is 0 Å². The van der Waals surface area contributed by atoms with E-state index in [1.165, 1.54) is 21.8 Å². The van der Waals surface area contributed by atoms with Crippen molar-refractivity contribution in [3.05, 3.63) is 63.5 Å². The zero-order chi connectivity index (χ0) is 18.5. The van der Waals surface area contributed by atoms with Gasteiger partial charge >= 0.3 is 5.97 Å². The Hall–Kier alpha value is -2.45. The number of ketones is 1. The van der Waals surface area contributed by atoms with Crippen molar-refractivity contribution >= 4 is 39.8 Å². The Kier molecular flexibility index (Phi) is 5.85. The SMILES string of the molecule is CSc1ccc(C(=O)CCC(=O)OCc2cc(=O)n3ccsc3n2)cc1. The third kappa shape index (κ3) is 4.39. The molecule has 0 amide bonds. The molecule has 0 fully saturated rings. The van der Waals surface area contributed by atoms with E-state index in [2.05, 4.69) is 4.98 Å². The number of thiazole rings is 1. The van der Waals surface area contributed by atoms with Crippen LogP contribution in [0.1, 0.15) is 28.9 Å². The molecular formula is C18H16N2O4S2. The van der Waals surface area contributed by atoms with Crippen LogP contribution in [0.25, 0.3) is 4.96 Å². The van der Waals surface area contributed by atoms with Crippen molar-refractivity contribution in [2.45, 2.75) is 24.3 Å². The molecule has 0 aliphatic rings. The van der Waals surface area contributed by atoms with Crippen LogP contribution in [0.3, 0.4) is 0 Å². The maximum Gasteiger partial charge on any atom is 0.306 e. The lowest BCUT2D eigenvalue weighted by Crippen LogP contribution is -2.15. The van der Waals surface area contributed by atoms with E-state index in [0.717, 1.165) is 4.90 Å². The molecule has 6 nitrogen and oxygen atoms in total. The maximum atomic E-state index is 12.1. The minimum absolute atomic E-state index is 0.0106. The van der Waals surface area contributed by atoms with Gasteiger partial charge in [0.25, 0.3) is 5.56 Å². The van der Waals surface area contributed by atoms with Gasteiger partial charge in [-0.2, -0.15) is 0 Å². The third-order valence-electron chi connectivity index (χ3n) is 3.71. The Balaban J connectivity index is 1.51. The van der Waals surface area contributed by atoms with Gasteiger partial charge in [-0.25, -0.2) is 4.98 Å². The van der Waals surface area contributed by atoms with Crippen molar-refractivity contribution in [3.8, 4) is 0 Å². The normalized spacial score (nSPS) is 10.8. The van der Waals surface area contributed by atoms with Crippen molar-refractivity contribution in [1.29, 1.82) is 0 Å². The predicted octanol–water partition coefficient (Wildman–Crippen LogP) is 3.18. The minimum Gasteiger partial charge on any atom is -0.459 e. The fourth-order valence-corrected chi connectivity index (χ4v) is 3.47. The van der Waals surface area contributed by atoms with Crippen LogP contribution in [0.15, 0.2) is 51.6 Å². The van der Waals surface area contributed by atoms with Gasteiger partial charge in [0, 0.05) is 34.5 Å². The first kappa shape index (κ1) is 18.3. The number of thioether (sulfide) groups is 1. The lowest BCUT2D eigenvalue weighted by atomic mass is 10.1. The highest BCUT2D eigenvalue weighted by Crippen LogP contribution is 2.16. The number of rotatable bonds is 7. The first-order chi connectivity index (χ1) is 12.6. The molecule has 0 unspecified atom stereocenters. The van der Waals surface area contributed by atoms with E-state index in [1.54, 1.807) is 35.5 Å². The molecule has 0 radical (unpaired) electrons. The molecule has 8 heteroatoms. The van der Waals surface area contributed by atoms with Crippen LogP contribution in [-0.2, 0) is 16.1 Å².